The number of imidazole rings is 1. The Balaban J connectivity index is 1.73. The van der Waals surface area contributed by atoms with Crippen LogP contribution < -0.4 is 4.90 Å². The van der Waals surface area contributed by atoms with E-state index < -0.39 is 0 Å². The standard InChI is InChI=1S/C23H27N3O/c1-15(2)13-26-21-10-6-5-9-19(21)24-23(26)18-12-22(27)25(14-18)20-11-7-8-16(3)17(20)4/h5-11,15,18H,12-14H2,1-4H3. The minimum Gasteiger partial charge on any atom is -0.327 e. The summed E-state index contributed by atoms with van der Waals surface area (Å²) in [6.45, 7) is 10.3. The van der Waals surface area contributed by atoms with Crippen LogP contribution in [0.1, 0.15) is 43.1 Å². The predicted octanol–water partition coefficient (Wildman–Crippen LogP) is 4.83. The molecule has 1 unspecified atom stereocenters. The molecule has 1 aliphatic heterocycles. The number of benzene rings is 2. The summed E-state index contributed by atoms with van der Waals surface area (Å²) in [4.78, 5) is 19.7. The molecule has 2 aromatic carbocycles. The Labute approximate surface area is 160 Å². The van der Waals surface area contributed by atoms with Crippen LogP contribution in [0.3, 0.4) is 0 Å². The van der Waals surface area contributed by atoms with Gasteiger partial charge in [0.25, 0.3) is 0 Å². The highest BCUT2D eigenvalue weighted by Crippen LogP contribution is 2.35. The molecule has 0 saturated carbocycles. The smallest absolute Gasteiger partial charge is 0.227 e. The maximum absolute atomic E-state index is 12.9. The van der Waals surface area contributed by atoms with Crippen LogP contribution >= 0.6 is 0 Å². The topological polar surface area (TPSA) is 38.1 Å². The number of amides is 1. The molecule has 2 heterocycles. The van der Waals surface area contributed by atoms with Crippen LogP contribution in [-0.4, -0.2) is 22.0 Å². The minimum absolute atomic E-state index is 0.128. The Morgan fingerprint density at radius 1 is 1.11 bits per heavy atom. The van der Waals surface area contributed by atoms with Crippen LogP contribution in [0.4, 0.5) is 5.69 Å². The van der Waals surface area contributed by atoms with Crippen molar-refractivity contribution < 1.29 is 4.79 Å². The molecule has 1 aliphatic rings. The molecular formula is C23H27N3O. The monoisotopic (exact) mass is 361 g/mol. The van der Waals surface area contributed by atoms with Crippen molar-refractivity contribution in [1.29, 1.82) is 0 Å². The van der Waals surface area contributed by atoms with Crippen molar-refractivity contribution in [2.45, 2.75) is 46.6 Å². The van der Waals surface area contributed by atoms with E-state index in [-0.39, 0.29) is 11.8 Å². The van der Waals surface area contributed by atoms with Gasteiger partial charge in [0.2, 0.25) is 5.91 Å². The summed E-state index contributed by atoms with van der Waals surface area (Å²) in [5.41, 5.74) is 5.62. The lowest BCUT2D eigenvalue weighted by Gasteiger charge is -2.20. The molecule has 4 nitrogen and oxygen atoms in total. The van der Waals surface area contributed by atoms with E-state index in [0.29, 0.717) is 18.9 Å². The molecule has 140 valence electrons. The Kier molecular flexibility index (Phi) is 4.50. The molecular weight excluding hydrogens is 334 g/mol. The molecule has 1 atom stereocenters. The average Bonchev–Trinajstić information content (AvgIpc) is 3.18. The predicted molar refractivity (Wildman–Crippen MR) is 110 cm³/mol. The van der Waals surface area contributed by atoms with Crippen molar-refractivity contribution in [2.24, 2.45) is 5.92 Å². The number of anilines is 1. The number of hydrogen-bond donors (Lipinski definition) is 0. The first-order chi connectivity index (χ1) is 13.0. The molecule has 4 heteroatoms. The van der Waals surface area contributed by atoms with E-state index in [1.807, 2.05) is 17.0 Å². The quantitative estimate of drug-likeness (QED) is 0.667. The third-order valence-electron chi connectivity index (χ3n) is 5.59. The van der Waals surface area contributed by atoms with E-state index in [0.717, 1.165) is 23.6 Å². The van der Waals surface area contributed by atoms with Crippen LogP contribution in [-0.2, 0) is 11.3 Å². The van der Waals surface area contributed by atoms with Gasteiger partial charge in [-0.25, -0.2) is 4.98 Å². The molecule has 0 bridgehead atoms. The van der Waals surface area contributed by atoms with Crippen molar-refractivity contribution in [2.75, 3.05) is 11.4 Å². The first kappa shape index (κ1) is 17.8. The van der Waals surface area contributed by atoms with Gasteiger partial charge < -0.3 is 9.47 Å². The van der Waals surface area contributed by atoms with Crippen LogP contribution in [0.5, 0.6) is 0 Å². The summed E-state index contributed by atoms with van der Waals surface area (Å²) in [6.07, 6.45) is 0.523. The summed E-state index contributed by atoms with van der Waals surface area (Å²) in [5, 5.41) is 0. The zero-order valence-corrected chi connectivity index (χ0v) is 16.6. The number of aryl methyl sites for hydroxylation is 1. The second-order valence-corrected chi connectivity index (χ2v) is 8.09. The molecule has 27 heavy (non-hydrogen) atoms. The molecule has 0 N–H and O–H groups in total. The SMILES string of the molecule is Cc1cccc(N2CC(c3nc4ccccc4n3CC(C)C)CC2=O)c1C. The van der Waals surface area contributed by atoms with Crippen LogP contribution in [0.25, 0.3) is 11.0 Å². The van der Waals surface area contributed by atoms with Gasteiger partial charge in [0.1, 0.15) is 5.82 Å². The number of carbonyl (C=O) groups is 1. The lowest BCUT2D eigenvalue weighted by molar-refractivity contribution is -0.117. The number of aromatic nitrogens is 2. The lowest BCUT2D eigenvalue weighted by atomic mass is 10.1. The number of nitrogens with zero attached hydrogens (tertiary/aromatic N) is 3. The third-order valence-corrected chi connectivity index (χ3v) is 5.59. The number of para-hydroxylation sites is 2. The Hall–Kier alpha value is -2.62. The highest BCUT2D eigenvalue weighted by atomic mass is 16.2. The Morgan fingerprint density at radius 2 is 1.89 bits per heavy atom. The lowest BCUT2D eigenvalue weighted by Crippen LogP contribution is -2.25. The van der Waals surface area contributed by atoms with E-state index in [1.165, 1.54) is 16.6 Å². The van der Waals surface area contributed by atoms with Gasteiger partial charge >= 0.3 is 0 Å². The fraction of sp³-hybridized carbons (Fsp3) is 0.391. The number of rotatable bonds is 4. The van der Waals surface area contributed by atoms with E-state index in [1.54, 1.807) is 0 Å². The third kappa shape index (κ3) is 3.14. The van der Waals surface area contributed by atoms with E-state index in [2.05, 4.69) is 62.6 Å². The molecule has 0 radical (unpaired) electrons. The molecule has 1 aromatic heterocycles. The summed E-state index contributed by atoms with van der Waals surface area (Å²) in [5.74, 6) is 1.89. The number of hydrogen-bond acceptors (Lipinski definition) is 2. The fourth-order valence-corrected chi connectivity index (χ4v) is 4.10. The molecule has 1 saturated heterocycles. The Morgan fingerprint density at radius 3 is 2.67 bits per heavy atom. The molecule has 3 aromatic rings. The summed E-state index contributed by atoms with van der Waals surface area (Å²) < 4.78 is 2.32. The number of fused-ring (bicyclic) bond motifs is 1. The Bertz CT molecular complexity index is 1000. The summed E-state index contributed by atoms with van der Waals surface area (Å²) in [7, 11) is 0. The van der Waals surface area contributed by atoms with Gasteiger partial charge in [-0.1, -0.05) is 38.1 Å². The van der Waals surface area contributed by atoms with Gasteiger partial charge in [-0.2, -0.15) is 0 Å². The summed E-state index contributed by atoms with van der Waals surface area (Å²) >= 11 is 0. The van der Waals surface area contributed by atoms with Gasteiger partial charge in [0, 0.05) is 31.1 Å². The van der Waals surface area contributed by atoms with Gasteiger partial charge in [-0.15, -0.1) is 0 Å². The zero-order valence-electron chi connectivity index (χ0n) is 16.6. The molecule has 1 amide bonds. The van der Waals surface area contributed by atoms with Crippen molar-refractivity contribution in [3.8, 4) is 0 Å². The van der Waals surface area contributed by atoms with Crippen molar-refractivity contribution in [3.05, 3.63) is 59.4 Å². The van der Waals surface area contributed by atoms with E-state index >= 15 is 0 Å². The van der Waals surface area contributed by atoms with Gasteiger partial charge in [-0.3, -0.25) is 4.79 Å². The van der Waals surface area contributed by atoms with Crippen LogP contribution in [0, 0.1) is 19.8 Å². The fourth-order valence-electron chi connectivity index (χ4n) is 4.10. The van der Waals surface area contributed by atoms with E-state index in [9.17, 15) is 4.79 Å². The van der Waals surface area contributed by atoms with Gasteiger partial charge in [-0.05, 0) is 49.1 Å². The second kappa shape index (κ2) is 6.84. The van der Waals surface area contributed by atoms with Gasteiger partial charge in [0.05, 0.1) is 11.0 Å². The first-order valence-corrected chi connectivity index (χ1v) is 9.77. The highest BCUT2D eigenvalue weighted by Gasteiger charge is 2.35. The van der Waals surface area contributed by atoms with Crippen LogP contribution in [0.2, 0.25) is 0 Å². The maximum Gasteiger partial charge on any atom is 0.227 e. The average molecular weight is 361 g/mol. The largest absolute Gasteiger partial charge is 0.327 e. The van der Waals surface area contributed by atoms with Crippen LogP contribution in [0.15, 0.2) is 42.5 Å². The first-order valence-electron chi connectivity index (χ1n) is 9.77. The van der Waals surface area contributed by atoms with Crippen molar-refractivity contribution >= 4 is 22.6 Å². The highest BCUT2D eigenvalue weighted by molar-refractivity contribution is 5.97. The second-order valence-electron chi connectivity index (χ2n) is 8.09. The maximum atomic E-state index is 12.9. The zero-order chi connectivity index (χ0) is 19.1. The van der Waals surface area contributed by atoms with E-state index in [4.69, 9.17) is 4.98 Å². The summed E-state index contributed by atoms with van der Waals surface area (Å²) in [6, 6.07) is 14.5. The molecule has 4 rings (SSSR count). The minimum atomic E-state index is 0.128. The van der Waals surface area contributed by atoms with Gasteiger partial charge in [0.15, 0.2) is 0 Å². The van der Waals surface area contributed by atoms with Crippen molar-refractivity contribution in [3.63, 3.8) is 0 Å². The normalized spacial score (nSPS) is 17.4. The molecule has 0 aliphatic carbocycles. The molecule has 0 spiro atoms. The van der Waals surface area contributed by atoms with Crippen molar-refractivity contribution in [1.82, 2.24) is 9.55 Å². The molecule has 1 fully saturated rings. The number of carbonyl (C=O) groups excluding carboxylic acids is 1.